The largest absolute Gasteiger partial charge is 0.355 e. The highest BCUT2D eigenvalue weighted by atomic mass is 35.5. The summed E-state index contributed by atoms with van der Waals surface area (Å²) < 4.78 is 0. The molecule has 8 heteroatoms. The Morgan fingerprint density at radius 2 is 2.08 bits per heavy atom. The summed E-state index contributed by atoms with van der Waals surface area (Å²) in [6.45, 7) is 18.8. The van der Waals surface area contributed by atoms with Crippen LogP contribution in [0.15, 0.2) is 66.8 Å². The summed E-state index contributed by atoms with van der Waals surface area (Å²) in [5.41, 5.74) is 3.62. The van der Waals surface area contributed by atoms with Gasteiger partial charge >= 0.3 is 0 Å². The van der Waals surface area contributed by atoms with Gasteiger partial charge in [-0.05, 0) is 67.0 Å². The van der Waals surface area contributed by atoms with E-state index in [4.69, 9.17) is 21.6 Å². The van der Waals surface area contributed by atoms with Gasteiger partial charge in [-0.3, -0.25) is 4.98 Å². The van der Waals surface area contributed by atoms with E-state index in [-0.39, 0.29) is 5.41 Å². The highest BCUT2D eigenvalue weighted by molar-refractivity contribution is 6.30. The van der Waals surface area contributed by atoms with Crippen LogP contribution in [0.1, 0.15) is 58.4 Å². The molecule has 0 spiro atoms. The molecule has 2 N–H and O–H groups in total. The van der Waals surface area contributed by atoms with E-state index < -0.39 is 0 Å². The molecule has 4 rings (SSSR count). The lowest BCUT2D eigenvalue weighted by Crippen LogP contribution is -2.46. The first kappa shape index (κ1) is 28.7. The Kier molecular flexibility index (Phi) is 9.03. The lowest BCUT2D eigenvalue weighted by Gasteiger charge is -2.40. The Morgan fingerprint density at radius 1 is 1.28 bits per heavy atom. The van der Waals surface area contributed by atoms with Crippen molar-refractivity contribution in [2.24, 2.45) is 5.41 Å². The molecule has 0 radical (unpaired) electrons. The maximum atomic E-state index is 5.85. The monoisotopic (exact) mass is 545 g/mol. The van der Waals surface area contributed by atoms with E-state index in [1.54, 1.807) is 18.3 Å². The predicted octanol–water partition coefficient (Wildman–Crippen LogP) is 7.05. The summed E-state index contributed by atoms with van der Waals surface area (Å²) in [6, 6.07) is 4.18. The molecule has 4 heterocycles. The number of anilines is 2. The van der Waals surface area contributed by atoms with Gasteiger partial charge in [0.05, 0.1) is 11.7 Å². The van der Waals surface area contributed by atoms with E-state index in [9.17, 15) is 0 Å². The average Bonchev–Trinajstić information content (AvgIpc) is 3.10. The van der Waals surface area contributed by atoms with E-state index in [1.807, 2.05) is 24.5 Å². The van der Waals surface area contributed by atoms with Crippen molar-refractivity contribution < 1.29 is 0 Å². The number of pyridine rings is 2. The van der Waals surface area contributed by atoms with Gasteiger partial charge in [-0.2, -0.15) is 0 Å². The molecular formula is C31H40ClN7. The molecule has 206 valence electrons. The minimum Gasteiger partial charge on any atom is -0.355 e. The molecule has 0 amide bonds. The molecule has 1 aliphatic heterocycles. The Morgan fingerprint density at radius 3 is 2.82 bits per heavy atom. The van der Waals surface area contributed by atoms with Crippen LogP contribution >= 0.6 is 11.6 Å². The lowest BCUT2D eigenvalue weighted by atomic mass is 9.81. The minimum atomic E-state index is 0.0716. The number of nitrogens with zero attached hydrogens (tertiary/aromatic N) is 5. The van der Waals surface area contributed by atoms with Gasteiger partial charge in [-0.25, -0.2) is 15.0 Å². The smallest absolute Gasteiger partial charge is 0.162 e. The topological polar surface area (TPSA) is 78.9 Å². The lowest BCUT2D eigenvalue weighted by molar-refractivity contribution is 0.276. The summed E-state index contributed by atoms with van der Waals surface area (Å²) in [5.74, 6) is 2.57. The molecule has 39 heavy (non-hydrogen) atoms. The number of aromatic nitrogens is 4. The molecule has 1 fully saturated rings. The molecular weight excluding hydrogens is 506 g/mol. The molecule has 2 atom stereocenters. The van der Waals surface area contributed by atoms with Crippen LogP contribution in [0, 0.1) is 5.41 Å². The van der Waals surface area contributed by atoms with Crippen LogP contribution in [-0.4, -0.2) is 46.1 Å². The first-order chi connectivity index (χ1) is 18.6. The maximum Gasteiger partial charge on any atom is 0.162 e. The van der Waals surface area contributed by atoms with Gasteiger partial charge in [0.2, 0.25) is 0 Å². The van der Waals surface area contributed by atoms with Gasteiger partial charge in [0.1, 0.15) is 11.6 Å². The van der Waals surface area contributed by atoms with E-state index in [2.05, 4.69) is 73.4 Å². The van der Waals surface area contributed by atoms with Gasteiger partial charge in [-0.1, -0.05) is 52.5 Å². The molecule has 1 saturated heterocycles. The number of fused-ring (bicyclic) bond motifs is 1. The number of rotatable bonds is 9. The minimum absolute atomic E-state index is 0.0716. The van der Waals surface area contributed by atoms with E-state index in [0.29, 0.717) is 34.3 Å². The third-order valence-electron chi connectivity index (χ3n) is 7.65. The van der Waals surface area contributed by atoms with Crippen LogP contribution in [0.3, 0.4) is 0 Å². The Labute approximate surface area is 237 Å². The molecule has 7 nitrogen and oxygen atoms in total. The predicted molar refractivity (Wildman–Crippen MR) is 164 cm³/mol. The number of nitrogens with one attached hydrogen (secondary N) is 2. The standard InChI is InChI=1S/C31H40ClN7/c1-8-20(2)24-17-34-18-25-28(24)30(39(7)26-10-9-14-33-19-31(26,5)6)38-29(37-25)23-13-15-35-27(16-23)36-22(4)12-11-21(3)32/h11-13,15-18,20,26,33H,3-4,8-10,14,19H2,1-2,5-7H3,(H,35,36)/b12-11-. The third-order valence-corrected chi connectivity index (χ3v) is 7.77. The van der Waals surface area contributed by atoms with Crippen molar-refractivity contribution in [2.75, 3.05) is 30.4 Å². The second kappa shape index (κ2) is 12.3. The first-order valence-corrected chi connectivity index (χ1v) is 14.0. The molecule has 0 aliphatic carbocycles. The summed E-state index contributed by atoms with van der Waals surface area (Å²) in [7, 11) is 2.19. The van der Waals surface area contributed by atoms with Crippen LogP contribution in [-0.2, 0) is 0 Å². The zero-order valence-corrected chi connectivity index (χ0v) is 24.5. The Bertz CT molecular complexity index is 1380. The highest BCUT2D eigenvalue weighted by Gasteiger charge is 2.35. The third kappa shape index (κ3) is 6.65. The zero-order valence-electron chi connectivity index (χ0n) is 23.8. The number of allylic oxidation sites excluding steroid dienone is 3. The van der Waals surface area contributed by atoms with Gasteiger partial charge in [0.15, 0.2) is 5.82 Å². The molecule has 3 aromatic heterocycles. The average molecular weight is 546 g/mol. The van der Waals surface area contributed by atoms with Crippen LogP contribution in [0.25, 0.3) is 22.3 Å². The molecule has 0 aromatic carbocycles. The molecule has 2 unspecified atom stereocenters. The van der Waals surface area contributed by atoms with Crippen molar-refractivity contribution >= 4 is 34.1 Å². The molecule has 0 saturated carbocycles. The molecule has 0 bridgehead atoms. The summed E-state index contributed by atoms with van der Waals surface area (Å²) >= 11 is 5.85. The second-order valence-corrected chi connectivity index (χ2v) is 11.6. The Balaban J connectivity index is 1.83. The maximum absolute atomic E-state index is 5.85. The van der Waals surface area contributed by atoms with Crippen LogP contribution in [0.5, 0.6) is 0 Å². The Hall–Kier alpha value is -3.29. The SMILES string of the molecule is C=C(Cl)/C=C\C(=C)Nc1cc(-c2nc(N(C)C3CCCNCC3(C)C)c3c(C(C)CC)cncc3n2)ccn1. The van der Waals surface area contributed by atoms with Crippen molar-refractivity contribution in [3.05, 3.63) is 72.3 Å². The highest BCUT2D eigenvalue weighted by Crippen LogP contribution is 2.38. The normalized spacial score (nSPS) is 18.1. The van der Waals surface area contributed by atoms with Gasteiger partial charge in [0, 0.05) is 53.7 Å². The van der Waals surface area contributed by atoms with Gasteiger partial charge in [-0.15, -0.1) is 0 Å². The van der Waals surface area contributed by atoms with Crippen molar-refractivity contribution in [1.82, 2.24) is 25.3 Å². The van der Waals surface area contributed by atoms with E-state index >= 15 is 0 Å². The number of hydrogen-bond acceptors (Lipinski definition) is 7. The summed E-state index contributed by atoms with van der Waals surface area (Å²) in [4.78, 5) is 21.7. The van der Waals surface area contributed by atoms with Gasteiger partial charge in [0.25, 0.3) is 0 Å². The number of halogens is 1. The van der Waals surface area contributed by atoms with Crippen LogP contribution < -0.4 is 15.5 Å². The van der Waals surface area contributed by atoms with Crippen molar-refractivity contribution in [3.8, 4) is 11.4 Å². The van der Waals surface area contributed by atoms with Crippen molar-refractivity contribution in [1.29, 1.82) is 0 Å². The quantitative estimate of drug-likeness (QED) is 0.279. The molecule has 1 aliphatic rings. The molecule has 3 aromatic rings. The van der Waals surface area contributed by atoms with Gasteiger partial charge < -0.3 is 15.5 Å². The van der Waals surface area contributed by atoms with Crippen LogP contribution in [0.4, 0.5) is 11.6 Å². The number of hydrogen-bond donors (Lipinski definition) is 2. The van der Waals surface area contributed by atoms with E-state index in [0.717, 1.165) is 54.6 Å². The first-order valence-electron chi connectivity index (χ1n) is 13.6. The van der Waals surface area contributed by atoms with E-state index in [1.165, 1.54) is 5.56 Å². The van der Waals surface area contributed by atoms with Crippen molar-refractivity contribution in [2.45, 2.75) is 58.9 Å². The van der Waals surface area contributed by atoms with Crippen molar-refractivity contribution in [3.63, 3.8) is 0 Å². The fourth-order valence-electron chi connectivity index (χ4n) is 5.31. The second-order valence-electron chi connectivity index (χ2n) is 11.1. The fraction of sp³-hybridized carbons (Fsp3) is 0.419. The zero-order chi connectivity index (χ0) is 28.2. The van der Waals surface area contributed by atoms with Crippen LogP contribution in [0.2, 0.25) is 0 Å². The summed E-state index contributed by atoms with van der Waals surface area (Å²) in [6.07, 6.45) is 12.3. The summed E-state index contributed by atoms with van der Waals surface area (Å²) in [5, 5.41) is 8.34. The fourth-order valence-corrected chi connectivity index (χ4v) is 5.37.